The summed E-state index contributed by atoms with van der Waals surface area (Å²) in [4.78, 5) is 13.9. The molecule has 5 rings (SSSR count). The van der Waals surface area contributed by atoms with Crippen LogP contribution in [0.25, 0.3) is 21.9 Å². The molecule has 0 unspecified atom stereocenters. The molecule has 0 radical (unpaired) electrons. The average Bonchev–Trinajstić information content (AvgIpc) is 3.03. The fraction of sp³-hybridized carbons (Fsp3) is 0.536. The molecule has 242 valence electrons. The number of hydrogen-bond acceptors (Lipinski definition) is 16. The van der Waals surface area contributed by atoms with E-state index in [9.17, 15) is 35.4 Å². The van der Waals surface area contributed by atoms with Crippen LogP contribution in [0.5, 0.6) is 28.7 Å². The van der Waals surface area contributed by atoms with Gasteiger partial charge in [0.25, 0.3) is 0 Å². The molecule has 16 nitrogen and oxygen atoms in total. The van der Waals surface area contributed by atoms with Crippen molar-refractivity contribution < 1.29 is 73.0 Å². The zero-order valence-corrected chi connectivity index (χ0v) is 24.1. The van der Waals surface area contributed by atoms with Crippen molar-refractivity contribution in [2.75, 3.05) is 41.7 Å². The largest absolute Gasteiger partial charge is 0.493 e. The molecule has 2 aliphatic heterocycles. The van der Waals surface area contributed by atoms with E-state index in [2.05, 4.69) is 0 Å². The van der Waals surface area contributed by atoms with Crippen molar-refractivity contribution in [2.24, 2.45) is 0 Å². The summed E-state index contributed by atoms with van der Waals surface area (Å²) in [5.74, 6) is -0.219. The van der Waals surface area contributed by atoms with Crippen LogP contribution in [-0.2, 0) is 14.2 Å². The van der Waals surface area contributed by atoms with Gasteiger partial charge in [-0.05, 0) is 12.1 Å². The maximum atomic E-state index is 13.9. The number of aliphatic hydroxyl groups excluding tert-OH is 6. The predicted octanol–water partition coefficient (Wildman–Crippen LogP) is -1.38. The van der Waals surface area contributed by atoms with Gasteiger partial charge in [0.05, 0.1) is 47.0 Å². The first-order valence-electron chi connectivity index (χ1n) is 13.5. The van der Waals surface area contributed by atoms with Crippen LogP contribution in [0.15, 0.2) is 27.4 Å². The van der Waals surface area contributed by atoms with Gasteiger partial charge in [0.2, 0.25) is 29.0 Å². The molecule has 0 amide bonds. The lowest BCUT2D eigenvalue weighted by Gasteiger charge is -2.41. The summed E-state index contributed by atoms with van der Waals surface area (Å²) in [6.45, 7) is -0.856. The van der Waals surface area contributed by atoms with E-state index >= 15 is 0 Å². The summed E-state index contributed by atoms with van der Waals surface area (Å²) in [6, 6.07) is 4.70. The first-order chi connectivity index (χ1) is 21.1. The fourth-order valence-electron chi connectivity index (χ4n) is 5.19. The highest BCUT2D eigenvalue weighted by molar-refractivity contribution is 6.01. The lowest BCUT2D eigenvalue weighted by atomic mass is 9.99. The van der Waals surface area contributed by atoms with E-state index in [1.807, 2.05) is 0 Å². The van der Waals surface area contributed by atoms with Crippen LogP contribution in [-0.4, -0.2) is 128 Å². The minimum Gasteiger partial charge on any atom is -0.493 e. The fourth-order valence-corrected chi connectivity index (χ4v) is 5.19. The van der Waals surface area contributed by atoms with Crippen LogP contribution in [0.3, 0.4) is 0 Å². The highest BCUT2D eigenvalue weighted by Gasteiger charge is 2.47. The Kier molecular flexibility index (Phi) is 9.36. The molecule has 3 aromatic rings. The van der Waals surface area contributed by atoms with Gasteiger partial charge in [-0.15, -0.1) is 0 Å². The first-order valence-corrected chi connectivity index (χ1v) is 13.5. The molecule has 2 fully saturated rings. The number of ether oxygens (including phenoxy) is 8. The molecule has 0 spiro atoms. The molecule has 2 aromatic carbocycles. The van der Waals surface area contributed by atoms with E-state index in [0.717, 1.165) is 0 Å². The van der Waals surface area contributed by atoms with Crippen LogP contribution in [0.1, 0.15) is 0 Å². The lowest BCUT2D eigenvalue weighted by molar-refractivity contribution is -0.307. The van der Waals surface area contributed by atoms with Crippen LogP contribution < -0.4 is 29.1 Å². The Bertz CT molecular complexity index is 1540. The molecule has 0 saturated carbocycles. The van der Waals surface area contributed by atoms with Crippen LogP contribution in [0.4, 0.5) is 0 Å². The third-order valence-corrected chi connectivity index (χ3v) is 7.55. The average molecular weight is 627 g/mol. The van der Waals surface area contributed by atoms with E-state index in [-0.39, 0.29) is 57.3 Å². The molecular weight excluding hydrogens is 592 g/mol. The summed E-state index contributed by atoms with van der Waals surface area (Å²) in [6.07, 6.45) is -14.4. The van der Waals surface area contributed by atoms with E-state index < -0.39 is 67.3 Å². The maximum absolute atomic E-state index is 13.9. The number of aliphatic hydroxyl groups is 6. The van der Waals surface area contributed by atoms with Crippen molar-refractivity contribution in [3.8, 4) is 28.7 Å². The van der Waals surface area contributed by atoms with Crippen molar-refractivity contribution in [3.05, 3.63) is 28.4 Å². The smallest absolute Gasteiger partial charge is 0.229 e. The van der Waals surface area contributed by atoms with E-state index in [1.165, 1.54) is 34.5 Å². The Labute approximate surface area is 249 Å². The molecule has 16 heteroatoms. The molecule has 3 heterocycles. The predicted molar refractivity (Wildman–Crippen MR) is 147 cm³/mol. The molecule has 6 N–H and O–H groups in total. The summed E-state index contributed by atoms with van der Waals surface area (Å²) in [5, 5.41) is 61.8. The zero-order chi connectivity index (χ0) is 31.9. The Morgan fingerprint density at radius 2 is 1.41 bits per heavy atom. The SMILES string of the molecule is COc1c(OC)c(O[C@@H]2O[C@H](CO[C@@H]3OC[C@@H](O)[C@H](O)[C@H]3O)[C@@H](O)[C@H](O)[C@H]2O)c2c(=O)c3cccc(OC)c3oc2c1OC. The van der Waals surface area contributed by atoms with Gasteiger partial charge in [-0.25, -0.2) is 0 Å². The van der Waals surface area contributed by atoms with E-state index in [4.69, 9.17) is 42.3 Å². The van der Waals surface area contributed by atoms with Gasteiger partial charge < -0.3 is 73.0 Å². The molecule has 0 aliphatic carbocycles. The first kappa shape index (κ1) is 32.0. The Morgan fingerprint density at radius 1 is 0.750 bits per heavy atom. The third-order valence-electron chi connectivity index (χ3n) is 7.55. The second-order valence-electron chi connectivity index (χ2n) is 10.1. The number of para-hydroxylation sites is 1. The van der Waals surface area contributed by atoms with E-state index in [1.54, 1.807) is 12.1 Å². The van der Waals surface area contributed by atoms with Crippen LogP contribution >= 0.6 is 0 Å². The number of hydrogen-bond donors (Lipinski definition) is 6. The third kappa shape index (κ3) is 5.38. The molecule has 9 atom stereocenters. The Hall–Kier alpha value is -3.45. The summed E-state index contributed by atoms with van der Waals surface area (Å²) >= 11 is 0. The van der Waals surface area contributed by atoms with Crippen molar-refractivity contribution in [1.82, 2.24) is 0 Å². The van der Waals surface area contributed by atoms with Gasteiger partial charge in [0.15, 0.2) is 29.0 Å². The van der Waals surface area contributed by atoms with Crippen molar-refractivity contribution in [3.63, 3.8) is 0 Å². The van der Waals surface area contributed by atoms with Gasteiger partial charge in [-0.1, -0.05) is 6.07 Å². The standard InChI is InChI=1S/C28H34O16/c1-36-12-7-5-6-10-15(30)14-22(43-21(10)12)24(37-2)26(39-4)25(38-3)23(14)44-28-20(35)18(33)17(32)13(42-28)9-41-27-19(34)16(31)11(29)8-40-27/h5-7,11,13,16-20,27-29,31-35H,8-9H2,1-4H3/t11-,13-,16+,17-,18+,19-,20-,27+,28+/m1/s1. The van der Waals surface area contributed by atoms with Gasteiger partial charge >= 0.3 is 0 Å². The molecule has 0 bridgehead atoms. The normalized spacial score (nSPS) is 30.7. The lowest BCUT2D eigenvalue weighted by Crippen LogP contribution is -2.61. The number of fused-ring (bicyclic) bond motifs is 2. The Morgan fingerprint density at radius 3 is 2.07 bits per heavy atom. The molecule has 44 heavy (non-hydrogen) atoms. The van der Waals surface area contributed by atoms with Crippen molar-refractivity contribution in [2.45, 2.75) is 55.3 Å². The minimum absolute atomic E-state index is 0.0122. The second-order valence-corrected chi connectivity index (χ2v) is 10.1. The van der Waals surface area contributed by atoms with Gasteiger partial charge in [-0.3, -0.25) is 4.79 Å². The Balaban J connectivity index is 1.56. The molecule has 2 saturated heterocycles. The van der Waals surface area contributed by atoms with E-state index in [0.29, 0.717) is 0 Å². The van der Waals surface area contributed by atoms with Crippen LogP contribution in [0, 0.1) is 0 Å². The highest BCUT2D eigenvalue weighted by Crippen LogP contribution is 2.51. The summed E-state index contributed by atoms with van der Waals surface area (Å²) < 4.78 is 50.5. The number of benzene rings is 2. The second kappa shape index (κ2) is 12.9. The monoisotopic (exact) mass is 626 g/mol. The van der Waals surface area contributed by atoms with Gasteiger partial charge in [0, 0.05) is 0 Å². The van der Waals surface area contributed by atoms with Crippen LogP contribution in [0.2, 0.25) is 0 Å². The number of methoxy groups -OCH3 is 4. The highest BCUT2D eigenvalue weighted by atomic mass is 16.7. The van der Waals surface area contributed by atoms with Gasteiger partial charge in [-0.2, -0.15) is 0 Å². The quantitative estimate of drug-likeness (QED) is 0.151. The summed E-state index contributed by atoms with van der Waals surface area (Å²) in [7, 11) is 5.32. The molecule has 2 aliphatic rings. The molecule has 1 aromatic heterocycles. The topological polar surface area (TPSA) is 225 Å². The van der Waals surface area contributed by atoms with Crippen molar-refractivity contribution >= 4 is 21.9 Å². The molecular formula is C28H34O16. The van der Waals surface area contributed by atoms with Crippen molar-refractivity contribution in [1.29, 1.82) is 0 Å². The zero-order valence-electron chi connectivity index (χ0n) is 24.1. The number of rotatable bonds is 9. The maximum Gasteiger partial charge on any atom is 0.229 e. The van der Waals surface area contributed by atoms with Gasteiger partial charge in [0.1, 0.15) is 48.1 Å². The minimum atomic E-state index is -1.85. The summed E-state index contributed by atoms with van der Waals surface area (Å²) in [5.41, 5.74) is -0.597.